The molecule has 1 aliphatic rings. The lowest BCUT2D eigenvalue weighted by atomic mass is 10.0. The van der Waals surface area contributed by atoms with Crippen molar-refractivity contribution in [2.75, 3.05) is 0 Å². The highest BCUT2D eigenvalue weighted by Gasteiger charge is 2.41. The summed E-state index contributed by atoms with van der Waals surface area (Å²) in [7, 11) is -3.57. The molecule has 2 aromatic rings. The van der Waals surface area contributed by atoms with Gasteiger partial charge in [-0.1, -0.05) is 38.8 Å². The number of sulfonamides is 1. The van der Waals surface area contributed by atoms with E-state index < -0.39 is 15.6 Å². The van der Waals surface area contributed by atoms with Crippen LogP contribution in [0.2, 0.25) is 0 Å². The van der Waals surface area contributed by atoms with Crippen LogP contribution < -0.4 is 4.72 Å². The molecule has 0 radical (unpaired) electrons. The fourth-order valence-electron chi connectivity index (χ4n) is 3.50. The highest BCUT2D eigenvalue weighted by Crippen LogP contribution is 2.41. The molecule has 1 heterocycles. The smallest absolute Gasteiger partial charge is 0.241 e. The zero-order chi connectivity index (χ0) is 18.1. The maximum absolute atomic E-state index is 13.0. The van der Waals surface area contributed by atoms with Crippen molar-refractivity contribution in [3.05, 3.63) is 45.9 Å². The number of nitrogens with one attached hydrogen (secondary N) is 1. The van der Waals surface area contributed by atoms with Crippen LogP contribution in [-0.4, -0.2) is 13.4 Å². The predicted octanol–water partition coefficient (Wildman–Crippen LogP) is 4.40. The number of nitrogens with zero attached hydrogens (tertiary/aromatic N) is 1. The summed E-state index contributed by atoms with van der Waals surface area (Å²) in [6, 6.07) is 7.28. The summed E-state index contributed by atoms with van der Waals surface area (Å²) in [5, 5.41) is 2.88. The molecular formula is C19H26N2O2S2. The van der Waals surface area contributed by atoms with Gasteiger partial charge in [0.2, 0.25) is 10.0 Å². The van der Waals surface area contributed by atoms with Crippen molar-refractivity contribution in [2.24, 2.45) is 5.92 Å². The van der Waals surface area contributed by atoms with E-state index in [2.05, 4.69) is 23.6 Å². The van der Waals surface area contributed by atoms with Crippen LogP contribution in [0.1, 0.15) is 55.8 Å². The summed E-state index contributed by atoms with van der Waals surface area (Å²) in [6.07, 6.45) is 4.62. The monoisotopic (exact) mass is 378 g/mol. The Morgan fingerprint density at radius 3 is 2.36 bits per heavy atom. The first-order valence-electron chi connectivity index (χ1n) is 8.86. The second-order valence-corrected chi connectivity index (χ2v) is 9.97. The minimum Gasteiger partial charge on any atom is -0.245 e. The average molecular weight is 379 g/mol. The normalized spacial score (nSPS) is 17.3. The van der Waals surface area contributed by atoms with Gasteiger partial charge >= 0.3 is 0 Å². The van der Waals surface area contributed by atoms with Crippen molar-refractivity contribution in [3.63, 3.8) is 0 Å². The molecule has 25 heavy (non-hydrogen) atoms. The molecule has 1 aromatic carbocycles. The highest BCUT2D eigenvalue weighted by molar-refractivity contribution is 7.89. The van der Waals surface area contributed by atoms with Gasteiger partial charge in [0, 0.05) is 11.1 Å². The van der Waals surface area contributed by atoms with Crippen LogP contribution in [0.4, 0.5) is 0 Å². The number of aromatic nitrogens is 1. The van der Waals surface area contributed by atoms with Crippen molar-refractivity contribution in [2.45, 2.75) is 63.3 Å². The molecular weight excluding hydrogens is 352 g/mol. The summed E-state index contributed by atoms with van der Waals surface area (Å²) in [5.74, 6) is 0.551. The van der Waals surface area contributed by atoms with Crippen LogP contribution in [0.5, 0.6) is 0 Å². The Hall–Kier alpha value is -1.24. The minimum absolute atomic E-state index is 0.333. The Bertz CT molecular complexity index is 817. The largest absolute Gasteiger partial charge is 0.245 e. The predicted molar refractivity (Wildman–Crippen MR) is 102 cm³/mol. The van der Waals surface area contributed by atoms with Crippen LogP contribution in [0.15, 0.2) is 34.5 Å². The Kier molecular flexibility index (Phi) is 5.32. The van der Waals surface area contributed by atoms with Crippen molar-refractivity contribution < 1.29 is 8.42 Å². The number of benzene rings is 1. The van der Waals surface area contributed by atoms with E-state index in [-0.39, 0.29) is 0 Å². The molecule has 3 rings (SSSR count). The van der Waals surface area contributed by atoms with Gasteiger partial charge in [-0.15, -0.1) is 11.3 Å². The molecule has 0 bridgehead atoms. The maximum Gasteiger partial charge on any atom is 0.241 e. The number of thiazole rings is 1. The molecule has 0 amide bonds. The molecule has 0 spiro atoms. The van der Waals surface area contributed by atoms with Gasteiger partial charge in [-0.2, -0.15) is 4.72 Å². The fourth-order valence-corrected chi connectivity index (χ4v) is 6.01. The molecule has 1 aromatic heterocycles. The number of aryl methyl sites for hydroxylation is 1. The zero-order valence-electron chi connectivity index (χ0n) is 15.1. The van der Waals surface area contributed by atoms with E-state index >= 15 is 0 Å². The van der Waals surface area contributed by atoms with Gasteiger partial charge in [0.1, 0.15) is 5.01 Å². The quantitative estimate of drug-likeness (QED) is 0.810. The first-order valence-corrected chi connectivity index (χ1v) is 11.2. The van der Waals surface area contributed by atoms with Gasteiger partial charge in [-0.3, -0.25) is 0 Å². The molecule has 0 atom stereocenters. The molecule has 0 aliphatic heterocycles. The zero-order valence-corrected chi connectivity index (χ0v) is 16.7. The standard InChI is InChI=1S/C19H26N2O2S2/c1-14(2)12-16-6-8-17(9-7-16)25(22,23)21-19(10-4-5-11-19)18-20-15(3)13-24-18/h6-9,13-14,21H,4-5,10-12H2,1-3H3. The Balaban J connectivity index is 1.86. The summed E-state index contributed by atoms with van der Waals surface area (Å²) in [4.78, 5) is 4.91. The van der Waals surface area contributed by atoms with E-state index in [0.717, 1.165) is 42.8 Å². The van der Waals surface area contributed by atoms with Crippen molar-refractivity contribution >= 4 is 21.4 Å². The molecule has 0 saturated heterocycles. The van der Waals surface area contributed by atoms with Gasteiger partial charge < -0.3 is 0 Å². The molecule has 1 N–H and O–H groups in total. The van der Waals surface area contributed by atoms with Gasteiger partial charge in [0.25, 0.3) is 0 Å². The Morgan fingerprint density at radius 2 is 1.84 bits per heavy atom. The second-order valence-electron chi connectivity index (χ2n) is 7.43. The highest BCUT2D eigenvalue weighted by atomic mass is 32.2. The molecule has 136 valence electrons. The maximum atomic E-state index is 13.0. The van der Waals surface area contributed by atoms with E-state index in [1.807, 2.05) is 24.4 Å². The molecule has 6 heteroatoms. The van der Waals surface area contributed by atoms with Gasteiger partial charge in [0.15, 0.2) is 0 Å². The van der Waals surface area contributed by atoms with E-state index in [1.54, 1.807) is 23.5 Å². The van der Waals surface area contributed by atoms with Crippen molar-refractivity contribution in [1.29, 1.82) is 0 Å². The lowest BCUT2D eigenvalue weighted by Crippen LogP contribution is -2.43. The Morgan fingerprint density at radius 1 is 1.20 bits per heavy atom. The molecule has 1 fully saturated rings. The summed E-state index contributed by atoms with van der Waals surface area (Å²) in [6.45, 7) is 6.27. The lowest BCUT2D eigenvalue weighted by molar-refractivity contribution is 0.402. The Labute approximate surface area is 154 Å². The lowest BCUT2D eigenvalue weighted by Gasteiger charge is -2.27. The average Bonchev–Trinajstić information content (AvgIpc) is 3.17. The summed E-state index contributed by atoms with van der Waals surface area (Å²) in [5.41, 5.74) is 1.57. The van der Waals surface area contributed by atoms with Gasteiger partial charge in [-0.05, 0) is 49.8 Å². The fraction of sp³-hybridized carbons (Fsp3) is 0.526. The van der Waals surface area contributed by atoms with E-state index in [0.29, 0.717) is 10.8 Å². The van der Waals surface area contributed by atoms with Crippen LogP contribution in [0.3, 0.4) is 0 Å². The third kappa shape index (κ3) is 4.13. The minimum atomic E-state index is -3.57. The first kappa shape index (κ1) is 18.5. The van der Waals surface area contributed by atoms with Gasteiger partial charge in [-0.25, -0.2) is 13.4 Å². The van der Waals surface area contributed by atoms with Crippen molar-refractivity contribution in [1.82, 2.24) is 9.71 Å². The molecule has 1 aliphatic carbocycles. The number of rotatable bonds is 6. The number of hydrogen-bond acceptors (Lipinski definition) is 4. The number of hydrogen-bond donors (Lipinski definition) is 1. The SMILES string of the molecule is Cc1csc(C2(NS(=O)(=O)c3ccc(CC(C)C)cc3)CCCC2)n1. The van der Waals surface area contributed by atoms with Crippen LogP contribution in [0, 0.1) is 12.8 Å². The summed E-state index contributed by atoms with van der Waals surface area (Å²) >= 11 is 1.55. The third-order valence-electron chi connectivity index (χ3n) is 4.69. The molecule has 4 nitrogen and oxygen atoms in total. The van der Waals surface area contributed by atoms with E-state index in [4.69, 9.17) is 0 Å². The van der Waals surface area contributed by atoms with Gasteiger partial charge in [0.05, 0.1) is 10.4 Å². The summed E-state index contributed by atoms with van der Waals surface area (Å²) < 4.78 is 28.9. The van der Waals surface area contributed by atoms with Crippen molar-refractivity contribution in [3.8, 4) is 0 Å². The van der Waals surface area contributed by atoms with Crippen LogP contribution >= 0.6 is 11.3 Å². The third-order valence-corrected chi connectivity index (χ3v) is 7.41. The topological polar surface area (TPSA) is 59.1 Å². The molecule has 0 unspecified atom stereocenters. The van der Waals surface area contributed by atoms with E-state index in [1.165, 1.54) is 5.56 Å². The second kappa shape index (κ2) is 7.17. The van der Waals surface area contributed by atoms with E-state index in [9.17, 15) is 8.42 Å². The first-order chi connectivity index (χ1) is 11.8. The van der Waals surface area contributed by atoms with Crippen LogP contribution in [-0.2, 0) is 22.0 Å². The molecule has 1 saturated carbocycles. The van der Waals surface area contributed by atoms with Crippen LogP contribution in [0.25, 0.3) is 0 Å².